The van der Waals surface area contributed by atoms with E-state index in [9.17, 15) is 19.8 Å². The Hall–Kier alpha value is -1.48. The van der Waals surface area contributed by atoms with Crippen LogP contribution in [0.25, 0.3) is 0 Å². The third-order valence-corrected chi connectivity index (χ3v) is 4.04. The van der Waals surface area contributed by atoms with Crippen molar-refractivity contribution < 1.29 is 20.1 Å². The van der Waals surface area contributed by atoms with E-state index in [0.717, 1.165) is 12.8 Å². The molecule has 0 spiro atoms. The van der Waals surface area contributed by atoms with Crippen LogP contribution in [0.15, 0.2) is 15.8 Å². The van der Waals surface area contributed by atoms with Crippen molar-refractivity contribution in [3.8, 4) is 0 Å². The van der Waals surface area contributed by atoms with E-state index in [0.29, 0.717) is 12.5 Å². The first-order valence-corrected chi connectivity index (χ1v) is 6.97. The minimum absolute atomic E-state index is 0.0813. The maximum atomic E-state index is 11.9. The highest BCUT2D eigenvalue weighted by molar-refractivity contribution is 5.14. The molecule has 8 nitrogen and oxygen atoms in total. The number of rotatable bonds is 4. The summed E-state index contributed by atoms with van der Waals surface area (Å²) in [6.45, 7) is 0.0474. The van der Waals surface area contributed by atoms with Crippen LogP contribution >= 0.6 is 0 Å². The average molecular weight is 298 g/mol. The van der Waals surface area contributed by atoms with E-state index >= 15 is 0 Å². The molecule has 1 aromatic heterocycles. The highest BCUT2D eigenvalue weighted by Crippen LogP contribution is 2.32. The maximum absolute atomic E-state index is 11.9. The lowest BCUT2D eigenvalue weighted by molar-refractivity contribution is -0.0233. The van der Waals surface area contributed by atoms with Gasteiger partial charge in [0.15, 0.2) is 0 Å². The number of aliphatic hydroxyl groups is 3. The zero-order valence-electron chi connectivity index (χ0n) is 11.3. The highest BCUT2D eigenvalue weighted by atomic mass is 16.6. The van der Waals surface area contributed by atoms with Gasteiger partial charge in [-0.1, -0.05) is 0 Å². The van der Waals surface area contributed by atoms with Crippen molar-refractivity contribution in [2.75, 3.05) is 6.61 Å². The van der Waals surface area contributed by atoms with Gasteiger partial charge in [-0.15, -0.1) is 0 Å². The van der Waals surface area contributed by atoms with E-state index < -0.39 is 42.3 Å². The van der Waals surface area contributed by atoms with Crippen LogP contribution in [0, 0.1) is 5.92 Å². The number of aliphatic hydroxyl groups excluding tert-OH is 3. The van der Waals surface area contributed by atoms with Gasteiger partial charge in [-0.05, 0) is 18.8 Å². The maximum Gasteiger partial charge on any atom is 0.328 e. The van der Waals surface area contributed by atoms with Gasteiger partial charge >= 0.3 is 5.69 Å². The van der Waals surface area contributed by atoms with Crippen molar-refractivity contribution in [3.63, 3.8) is 0 Å². The summed E-state index contributed by atoms with van der Waals surface area (Å²) in [6, 6.07) is 0. The normalized spacial score (nSPS) is 32.5. The summed E-state index contributed by atoms with van der Waals surface area (Å²) in [6.07, 6.45) is -1.14. The van der Waals surface area contributed by atoms with Crippen LogP contribution in [0.5, 0.6) is 0 Å². The molecule has 0 radical (unpaired) electrons. The lowest BCUT2D eigenvalue weighted by Crippen LogP contribution is -2.36. The molecule has 0 amide bonds. The second-order valence-corrected chi connectivity index (χ2v) is 5.70. The van der Waals surface area contributed by atoms with E-state index in [-0.39, 0.29) is 5.56 Å². The minimum Gasteiger partial charge on any atom is -0.394 e. The molecule has 1 aromatic rings. The summed E-state index contributed by atoms with van der Waals surface area (Å²) >= 11 is 0. The monoisotopic (exact) mass is 298 g/mol. The number of nitrogens with one attached hydrogen (secondary N) is 1. The van der Waals surface area contributed by atoms with E-state index in [1.54, 1.807) is 0 Å². The first-order chi connectivity index (χ1) is 10.0. The van der Waals surface area contributed by atoms with E-state index in [2.05, 4.69) is 4.98 Å². The van der Waals surface area contributed by atoms with Crippen molar-refractivity contribution >= 4 is 0 Å². The van der Waals surface area contributed by atoms with Crippen LogP contribution in [0.1, 0.15) is 24.5 Å². The third kappa shape index (κ3) is 2.67. The Kier molecular flexibility index (Phi) is 3.70. The van der Waals surface area contributed by atoms with Crippen LogP contribution in [-0.2, 0) is 11.3 Å². The molecule has 2 unspecified atom stereocenters. The third-order valence-electron chi connectivity index (χ3n) is 4.04. The lowest BCUT2D eigenvalue weighted by Gasteiger charge is -2.15. The average Bonchev–Trinajstić information content (AvgIpc) is 3.22. The number of aromatic amines is 1. The quantitative estimate of drug-likeness (QED) is 0.514. The van der Waals surface area contributed by atoms with Gasteiger partial charge in [-0.25, -0.2) is 4.79 Å². The topological polar surface area (TPSA) is 125 Å². The molecule has 2 heterocycles. The van der Waals surface area contributed by atoms with Gasteiger partial charge in [0.25, 0.3) is 5.56 Å². The molecule has 1 aliphatic heterocycles. The Morgan fingerprint density at radius 3 is 2.57 bits per heavy atom. The summed E-state index contributed by atoms with van der Waals surface area (Å²) in [5, 5.41) is 28.8. The molecule has 2 aliphatic rings. The summed E-state index contributed by atoms with van der Waals surface area (Å²) < 4.78 is 6.72. The zero-order chi connectivity index (χ0) is 15.1. The Balaban J connectivity index is 1.94. The van der Waals surface area contributed by atoms with Gasteiger partial charge in [0.05, 0.1) is 12.2 Å². The fourth-order valence-electron chi connectivity index (χ4n) is 2.60. The molecule has 116 valence electrons. The highest BCUT2D eigenvalue weighted by Gasteiger charge is 2.44. The van der Waals surface area contributed by atoms with E-state index in [1.165, 1.54) is 10.8 Å². The summed E-state index contributed by atoms with van der Waals surface area (Å²) in [7, 11) is 0. The van der Waals surface area contributed by atoms with Crippen LogP contribution in [0.3, 0.4) is 0 Å². The summed E-state index contributed by atoms with van der Waals surface area (Å²) in [5.74, 6) is 0.437. The van der Waals surface area contributed by atoms with Crippen LogP contribution in [0.2, 0.25) is 0 Å². The molecule has 1 aliphatic carbocycles. The Morgan fingerprint density at radius 1 is 1.29 bits per heavy atom. The number of ether oxygens (including phenoxy) is 1. The Labute approximate surface area is 119 Å². The Bertz CT molecular complexity index is 634. The van der Waals surface area contributed by atoms with Crippen molar-refractivity contribution in [1.29, 1.82) is 0 Å². The second kappa shape index (κ2) is 5.38. The number of aromatic nitrogens is 2. The lowest BCUT2D eigenvalue weighted by atomic mass is 10.0. The molecule has 1 saturated carbocycles. The molecular formula is C13H18N2O6. The molecule has 4 atom stereocenters. The van der Waals surface area contributed by atoms with Gasteiger partial charge in [-0.2, -0.15) is 0 Å². The first-order valence-electron chi connectivity index (χ1n) is 6.97. The predicted molar refractivity (Wildman–Crippen MR) is 70.8 cm³/mol. The van der Waals surface area contributed by atoms with Gasteiger partial charge in [-0.3, -0.25) is 14.3 Å². The van der Waals surface area contributed by atoms with Crippen molar-refractivity contribution in [1.82, 2.24) is 9.55 Å². The minimum atomic E-state index is -1.32. The predicted octanol–water partition coefficient (Wildman–Crippen LogP) is -1.90. The molecule has 21 heavy (non-hydrogen) atoms. The SMILES string of the molecule is O=c1[nH]c(=O)n(CC2CC2)cc1[C@@H]1O[C@H](CO)C(O)C1O. The van der Waals surface area contributed by atoms with Gasteiger partial charge in [0.2, 0.25) is 0 Å². The molecule has 4 N–H and O–H groups in total. The number of hydrogen-bond donors (Lipinski definition) is 4. The first kappa shape index (κ1) is 14.5. The fourth-order valence-corrected chi connectivity index (χ4v) is 2.60. The molecule has 1 saturated heterocycles. The molecule has 3 rings (SSSR count). The van der Waals surface area contributed by atoms with E-state index in [4.69, 9.17) is 9.84 Å². The molecule has 0 bridgehead atoms. The van der Waals surface area contributed by atoms with Crippen molar-refractivity contribution in [2.24, 2.45) is 5.92 Å². The Morgan fingerprint density at radius 2 is 2.00 bits per heavy atom. The molecule has 2 fully saturated rings. The van der Waals surface area contributed by atoms with Crippen molar-refractivity contribution in [2.45, 2.75) is 43.8 Å². The van der Waals surface area contributed by atoms with Gasteiger partial charge in [0, 0.05) is 12.7 Å². The van der Waals surface area contributed by atoms with Gasteiger partial charge < -0.3 is 20.1 Å². The largest absolute Gasteiger partial charge is 0.394 e. The van der Waals surface area contributed by atoms with Crippen LogP contribution in [-0.4, -0.2) is 49.8 Å². The van der Waals surface area contributed by atoms with Gasteiger partial charge in [0.1, 0.15) is 24.4 Å². The standard InChI is InChI=1S/C13H18N2O6/c16-5-8-9(17)10(18)11(21-8)7-4-15(3-6-1-2-6)13(20)14-12(7)19/h4,6,8-11,16-18H,1-3,5H2,(H,14,19,20)/t8-,9?,10?,11+/m1/s1. The molecular weight excluding hydrogens is 280 g/mol. The number of H-pyrrole nitrogens is 1. The number of nitrogens with zero attached hydrogens (tertiary/aromatic N) is 1. The van der Waals surface area contributed by atoms with Crippen molar-refractivity contribution in [3.05, 3.63) is 32.6 Å². The summed E-state index contributed by atoms with van der Waals surface area (Å²) in [5.41, 5.74) is -1.07. The number of hydrogen-bond acceptors (Lipinski definition) is 6. The van der Waals surface area contributed by atoms with Crippen LogP contribution in [0.4, 0.5) is 0 Å². The fraction of sp³-hybridized carbons (Fsp3) is 0.692. The molecule has 0 aromatic carbocycles. The summed E-state index contributed by atoms with van der Waals surface area (Å²) in [4.78, 5) is 25.9. The molecule has 8 heteroatoms. The van der Waals surface area contributed by atoms with Crippen LogP contribution < -0.4 is 11.2 Å². The smallest absolute Gasteiger partial charge is 0.328 e. The second-order valence-electron chi connectivity index (χ2n) is 5.70. The van der Waals surface area contributed by atoms with E-state index in [1.807, 2.05) is 0 Å². The zero-order valence-corrected chi connectivity index (χ0v) is 11.3.